The molecule has 0 aliphatic heterocycles. The highest BCUT2D eigenvalue weighted by Gasteiger charge is 2.32. The summed E-state index contributed by atoms with van der Waals surface area (Å²) >= 11 is 6.05. The van der Waals surface area contributed by atoms with Crippen molar-refractivity contribution < 1.29 is 19.0 Å². The Morgan fingerprint density at radius 1 is 1.50 bits per heavy atom. The molecule has 8 nitrogen and oxygen atoms in total. The number of pyridine rings is 2. The van der Waals surface area contributed by atoms with E-state index in [9.17, 15) is 14.3 Å². The van der Waals surface area contributed by atoms with E-state index < -0.39 is 23.4 Å². The van der Waals surface area contributed by atoms with Crippen LogP contribution in [0.15, 0.2) is 24.5 Å². The van der Waals surface area contributed by atoms with E-state index in [2.05, 4.69) is 25.1 Å². The maximum Gasteiger partial charge on any atom is 0.305 e. The van der Waals surface area contributed by atoms with Gasteiger partial charge in [0.15, 0.2) is 11.6 Å². The molecule has 3 heterocycles. The van der Waals surface area contributed by atoms with Gasteiger partial charge in [-0.05, 0) is 26.0 Å². The van der Waals surface area contributed by atoms with Crippen LogP contribution in [0.1, 0.15) is 20.3 Å². The average Bonchev–Trinajstić information content (AvgIpc) is 3.10. The van der Waals surface area contributed by atoms with E-state index in [-0.39, 0.29) is 23.6 Å². The van der Waals surface area contributed by atoms with E-state index in [0.717, 1.165) is 6.07 Å². The number of carboxylic acid groups (broad SMARTS) is 1. The summed E-state index contributed by atoms with van der Waals surface area (Å²) in [5.41, 5.74) is 0.349. The number of H-pyrrole nitrogens is 1. The highest BCUT2D eigenvalue weighted by atomic mass is 35.5. The molecule has 3 N–H and O–H groups in total. The van der Waals surface area contributed by atoms with Gasteiger partial charge in [-0.3, -0.25) is 4.79 Å². The zero-order valence-electron chi connectivity index (χ0n) is 16.5. The number of nitrogens with one attached hydrogen (secondary N) is 2. The first-order chi connectivity index (χ1) is 14.2. The molecule has 0 amide bonds. The Balaban J connectivity index is 2.12. The molecule has 0 aliphatic carbocycles. The van der Waals surface area contributed by atoms with Crippen LogP contribution in [0.5, 0.6) is 0 Å². The third-order valence-corrected chi connectivity index (χ3v) is 5.09. The van der Waals surface area contributed by atoms with Gasteiger partial charge in [0.25, 0.3) is 0 Å². The molecule has 0 bridgehead atoms. The molecule has 10 heteroatoms. The van der Waals surface area contributed by atoms with Crippen LogP contribution in [0.2, 0.25) is 5.02 Å². The molecule has 156 valence electrons. The largest absolute Gasteiger partial charge is 0.481 e. The van der Waals surface area contributed by atoms with Crippen molar-refractivity contribution in [2.75, 3.05) is 12.4 Å². The highest BCUT2D eigenvalue weighted by molar-refractivity contribution is 6.31. The lowest BCUT2D eigenvalue weighted by Gasteiger charge is -2.33. The summed E-state index contributed by atoms with van der Waals surface area (Å²) in [5, 5.41) is 13.1. The lowest BCUT2D eigenvalue weighted by Crippen LogP contribution is -2.45. The molecule has 0 aromatic carbocycles. The third kappa shape index (κ3) is 4.20. The minimum absolute atomic E-state index is 0.000267. The molecule has 1 unspecified atom stereocenters. The summed E-state index contributed by atoms with van der Waals surface area (Å²) in [6, 6.07) is 1.95. The van der Waals surface area contributed by atoms with Crippen LogP contribution in [0.4, 0.5) is 15.9 Å². The number of anilines is 1. The van der Waals surface area contributed by atoms with Gasteiger partial charge in [0.05, 0.1) is 35.4 Å². The Morgan fingerprint density at radius 3 is 2.87 bits per heavy atom. The molecular formula is C20H19ClFN5O3. The second kappa shape index (κ2) is 8.26. The van der Waals surface area contributed by atoms with Gasteiger partial charge in [0.2, 0.25) is 5.69 Å². The van der Waals surface area contributed by atoms with Crippen molar-refractivity contribution in [3.05, 3.63) is 46.8 Å². The van der Waals surface area contributed by atoms with E-state index in [1.54, 1.807) is 26.1 Å². The zero-order chi connectivity index (χ0) is 22.1. The number of ether oxygens (including phenoxy) is 1. The Kier molecular flexibility index (Phi) is 5.92. The van der Waals surface area contributed by atoms with E-state index in [4.69, 9.17) is 22.9 Å². The molecule has 0 radical (unpaired) electrons. The van der Waals surface area contributed by atoms with Crippen LogP contribution < -0.4 is 5.32 Å². The van der Waals surface area contributed by atoms with Crippen LogP contribution in [-0.2, 0) is 9.53 Å². The Hall–Kier alpha value is -3.22. The van der Waals surface area contributed by atoms with Crippen molar-refractivity contribution in [1.82, 2.24) is 15.0 Å². The van der Waals surface area contributed by atoms with Crippen molar-refractivity contribution in [2.24, 2.45) is 0 Å². The number of hydrogen-bond acceptors (Lipinski definition) is 5. The molecule has 3 rings (SSSR count). The lowest BCUT2D eigenvalue weighted by atomic mass is 9.95. The zero-order valence-corrected chi connectivity index (χ0v) is 17.2. The second-order valence-corrected chi connectivity index (χ2v) is 7.59. The summed E-state index contributed by atoms with van der Waals surface area (Å²) < 4.78 is 20.1. The van der Waals surface area contributed by atoms with Gasteiger partial charge in [0, 0.05) is 30.5 Å². The minimum atomic E-state index is -1.08. The highest BCUT2D eigenvalue weighted by Crippen LogP contribution is 2.37. The van der Waals surface area contributed by atoms with Gasteiger partial charge in [-0.1, -0.05) is 11.6 Å². The summed E-state index contributed by atoms with van der Waals surface area (Å²) in [7, 11) is 1.44. The number of halogens is 2. The van der Waals surface area contributed by atoms with Crippen LogP contribution in [0.25, 0.3) is 27.1 Å². The first kappa shape index (κ1) is 21.5. The van der Waals surface area contributed by atoms with Crippen LogP contribution in [0.3, 0.4) is 0 Å². The fourth-order valence-corrected chi connectivity index (χ4v) is 3.15. The maximum absolute atomic E-state index is 14.7. The predicted octanol–water partition coefficient (Wildman–Crippen LogP) is 4.65. The molecule has 0 aliphatic rings. The number of rotatable bonds is 7. The van der Waals surface area contributed by atoms with Gasteiger partial charge >= 0.3 is 5.97 Å². The number of aliphatic carboxylic acids is 1. The molecule has 3 aromatic heterocycles. The van der Waals surface area contributed by atoms with Crippen molar-refractivity contribution in [2.45, 2.75) is 31.9 Å². The smallest absolute Gasteiger partial charge is 0.305 e. The van der Waals surface area contributed by atoms with Gasteiger partial charge in [-0.25, -0.2) is 19.2 Å². The average molecular weight is 432 g/mol. The molecule has 0 spiro atoms. The SMILES string of the molecule is [C-]#[N+]c1cc(F)c(NC(CC(=O)O)C(C)(C)OC)nc1-c1c[nH]c2ncc(Cl)cc12. The van der Waals surface area contributed by atoms with Gasteiger partial charge < -0.3 is 20.1 Å². The van der Waals surface area contributed by atoms with E-state index >= 15 is 0 Å². The first-order valence-corrected chi connectivity index (χ1v) is 9.28. The number of aromatic amines is 1. The van der Waals surface area contributed by atoms with E-state index in [1.165, 1.54) is 13.3 Å². The van der Waals surface area contributed by atoms with Crippen molar-refractivity contribution in [3.8, 4) is 11.3 Å². The number of fused-ring (bicyclic) bond motifs is 1. The molecule has 0 fully saturated rings. The van der Waals surface area contributed by atoms with Crippen molar-refractivity contribution >= 4 is 40.1 Å². The molecule has 1 atom stereocenters. The maximum atomic E-state index is 14.7. The topological polar surface area (TPSA) is 104 Å². The minimum Gasteiger partial charge on any atom is -0.481 e. The molecular weight excluding hydrogens is 413 g/mol. The van der Waals surface area contributed by atoms with Gasteiger partial charge in [-0.2, -0.15) is 0 Å². The number of carboxylic acids is 1. The number of aromatic nitrogens is 3. The Morgan fingerprint density at radius 2 is 2.23 bits per heavy atom. The van der Waals surface area contributed by atoms with Gasteiger partial charge in [-0.15, -0.1) is 0 Å². The summed E-state index contributed by atoms with van der Waals surface area (Å²) in [4.78, 5) is 26.2. The molecule has 0 saturated carbocycles. The van der Waals surface area contributed by atoms with Crippen molar-refractivity contribution in [1.29, 1.82) is 0 Å². The summed E-state index contributed by atoms with van der Waals surface area (Å²) in [6.45, 7) is 10.8. The Bertz CT molecular complexity index is 1160. The van der Waals surface area contributed by atoms with Crippen molar-refractivity contribution in [3.63, 3.8) is 0 Å². The first-order valence-electron chi connectivity index (χ1n) is 8.90. The molecule has 30 heavy (non-hydrogen) atoms. The molecule has 3 aromatic rings. The normalized spacial score (nSPS) is 12.5. The summed E-state index contributed by atoms with van der Waals surface area (Å²) in [6.07, 6.45) is 2.77. The number of nitrogens with zero attached hydrogens (tertiary/aromatic N) is 3. The van der Waals surface area contributed by atoms with E-state index in [1.807, 2.05) is 0 Å². The third-order valence-electron chi connectivity index (χ3n) is 4.88. The standard InChI is InChI=1S/C20H19ClFN5O3/c1-20(2,30-4)15(7-16(28)29)26-19-13(22)6-14(23-3)17(27-19)12-9-25-18-11(12)5-10(21)8-24-18/h5-6,8-9,15H,7H2,1-2,4H3,(H,24,25)(H,26,27)(H,28,29). The van der Waals surface area contributed by atoms with Crippen LogP contribution in [-0.4, -0.2) is 44.8 Å². The quantitative estimate of drug-likeness (QED) is 0.470. The second-order valence-electron chi connectivity index (χ2n) is 7.15. The number of methoxy groups -OCH3 is 1. The monoisotopic (exact) mass is 431 g/mol. The number of hydrogen-bond donors (Lipinski definition) is 3. The van der Waals surface area contributed by atoms with Gasteiger partial charge in [0.1, 0.15) is 5.65 Å². The lowest BCUT2D eigenvalue weighted by molar-refractivity contribution is -0.138. The Labute approximate surface area is 176 Å². The summed E-state index contributed by atoms with van der Waals surface area (Å²) in [5.74, 6) is -2.03. The fraction of sp³-hybridized carbons (Fsp3) is 0.300. The predicted molar refractivity (Wildman–Crippen MR) is 111 cm³/mol. The molecule has 0 saturated heterocycles. The van der Waals surface area contributed by atoms with Crippen LogP contribution in [0, 0.1) is 12.4 Å². The fourth-order valence-electron chi connectivity index (χ4n) is 2.99. The number of carbonyl (C=O) groups is 1. The van der Waals surface area contributed by atoms with Crippen LogP contribution >= 0.6 is 11.6 Å². The van der Waals surface area contributed by atoms with E-state index in [0.29, 0.717) is 21.6 Å².